The van der Waals surface area contributed by atoms with Crippen LogP contribution in [0.1, 0.15) is 19.8 Å². The first kappa shape index (κ1) is 13.9. The molecule has 0 saturated carbocycles. The van der Waals surface area contributed by atoms with Crippen LogP contribution in [0.4, 0.5) is 11.6 Å². The van der Waals surface area contributed by atoms with E-state index in [1.807, 2.05) is 7.05 Å². The summed E-state index contributed by atoms with van der Waals surface area (Å²) in [6.07, 6.45) is 3.65. The van der Waals surface area contributed by atoms with Crippen LogP contribution >= 0.6 is 0 Å². The lowest BCUT2D eigenvalue weighted by Gasteiger charge is -2.33. The molecule has 0 amide bonds. The average molecular weight is 266 g/mol. The molecule has 2 rings (SSSR count). The molecule has 0 bridgehead atoms. The van der Waals surface area contributed by atoms with E-state index in [-0.39, 0.29) is 5.41 Å². The third-order valence-corrected chi connectivity index (χ3v) is 3.63. The molecule has 0 spiro atoms. The van der Waals surface area contributed by atoms with Crippen LogP contribution in [0, 0.1) is 5.41 Å². The average Bonchev–Trinajstić information content (AvgIpc) is 2.45. The van der Waals surface area contributed by atoms with E-state index in [4.69, 9.17) is 9.47 Å². The SMILES string of the molecule is CNc1ncnc(NCC2(C)CCOCC2)c1OC. The van der Waals surface area contributed by atoms with Crippen molar-refractivity contribution in [3.05, 3.63) is 6.33 Å². The molecule has 0 aliphatic carbocycles. The second-order valence-corrected chi connectivity index (χ2v) is 5.13. The van der Waals surface area contributed by atoms with E-state index in [2.05, 4.69) is 27.5 Å². The predicted molar refractivity (Wildman–Crippen MR) is 74.8 cm³/mol. The molecule has 1 saturated heterocycles. The van der Waals surface area contributed by atoms with Gasteiger partial charge in [-0.3, -0.25) is 0 Å². The van der Waals surface area contributed by atoms with E-state index in [9.17, 15) is 0 Å². The summed E-state index contributed by atoms with van der Waals surface area (Å²) in [6, 6.07) is 0. The highest BCUT2D eigenvalue weighted by Crippen LogP contribution is 2.33. The number of methoxy groups -OCH3 is 1. The summed E-state index contributed by atoms with van der Waals surface area (Å²) in [4.78, 5) is 8.39. The third kappa shape index (κ3) is 3.26. The fourth-order valence-corrected chi connectivity index (χ4v) is 2.21. The van der Waals surface area contributed by atoms with Crippen LogP contribution in [0.3, 0.4) is 0 Å². The molecule has 0 atom stereocenters. The maximum Gasteiger partial charge on any atom is 0.204 e. The van der Waals surface area contributed by atoms with E-state index in [1.165, 1.54) is 6.33 Å². The zero-order valence-electron chi connectivity index (χ0n) is 11.8. The van der Waals surface area contributed by atoms with Gasteiger partial charge in [0.15, 0.2) is 11.6 Å². The summed E-state index contributed by atoms with van der Waals surface area (Å²) < 4.78 is 10.8. The molecule has 1 aromatic rings. The first-order chi connectivity index (χ1) is 9.18. The Bertz CT molecular complexity index is 419. The maximum atomic E-state index is 5.41. The summed E-state index contributed by atoms with van der Waals surface area (Å²) in [5.74, 6) is 2.08. The van der Waals surface area contributed by atoms with E-state index in [0.717, 1.165) is 38.4 Å². The van der Waals surface area contributed by atoms with Crippen LogP contribution in [-0.4, -0.2) is 43.9 Å². The van der Waals surface area contributed by atoms with Crippen molar-refractivity contribution in [1.29, 1.82) is 0 Å². The minimum Gasteiger partial charge on any atom is -0.490 e. The van der Waals surface area contributed by atoms with E-state index >= 15 is 0 Å². The van der Waals surface area contributed by atoms with Crippen molar-refractivity contribution in [2.45, 2.75) is 19.8 Å². The summed E-state index contributed by atoms with van der Waals surface area (Å²) >= 11 is 0. The molecule has 0 radical (unpaired) electrons. The van der Waals surface area contributed by atoms with Gasteiger partial charge in [-0.05, 0) is 18.3 Å². The van der Waals surface area contributed by atoms with Gasteiger partial charge in [0.25, 0.3) is 0 Å². The van der Waals surface area contributed by atoms with Crippen LogP contribution in [0.5, 0.6) is 5.75 Å². The summed E-state index contributed by atoms with van der Waals surface area (Å²) in [5.41, 5.74) is 0.244. The summed E-state index contributed by atoms with van der Waals surface area (Å²) in [5, 5.41) is 6.38. The Hall–Kier alpha value is -1.56. The molecular weight excluding hydrogens is 244 g/mol. The van der Waals surface area contributed by atoms with E-state index < -0.39 is 0 Å². The Morgan fingerprint density at radius 2 is 2.00 bits per heavy atom. The van der Waals surface area contributed by atoms with Gasteiger partial charge in [-0.2, -0.15) is 0 Å². The molecule has 2 heterocycles. The first-order valence-electron chi connectivity index (χ1n) is 6.57. The Kier molecular flexibility index (Phi) is 4.42. The zero-order valence-corrected chi connectivity index (χ0v) is 11.8. The van der Waals surface area contributed by atoms with E-state index in [1.54, 1.807) is 7.11 Å². The minimum absolute atomic E-state index is 0.244. The Morgan fingerprint density at radius 3 is 2.63 bits per heavy atom. The largest absolute Gasteiger partial charge is 0.490 e. The van der Waals surface area contributed by atoms with Crippen molar-refractivity contribution in [2.24, 2.45) is 5.41 Å². The van der Waals surface area contributed by atoms with Gasteiger partial charge < -0.3 is 20.1 Å². The molecule has 6 nitrogen and oxygen atoms in total. The summed E-state index contributed by atoms with van der Waals surface area (Å²) in [7, 11) is 3.44. The molecule has 0 aromatic carbocycles. The molecule has 1 aliphatic heterocycles. The predicted octanol–water partition coefficient (Wildman–Crippen LogP) is 1.76. The number of nitrogens with zero attached hydrogens (tertiary/aromatic N) is 2. The van der Waals surface area contributed by atoms with Gasteiger partial charge in [0.05, 0.1) is 7.11 Å². The standard InChI is InChI=1S/C13H22N4O2/c1-13(4-6-19-7-5-13)8-15-12-10(18-3)11(14-2)16-9-17-12/h9H,4-8H2,1-3H3,(H2,14,15,16,17). The van der Waals surface area contributed by atoms with Gasteiger partial charge in [-0.15, -0.1) is 0 Å². The van der Waals surface area contributed by atoms with Crippen LogP contribution in [0.25, 0.3) is 0 Å². The molecule has 19 heavy (non-hydrogen) atoms. The number of nitrogens with one attached hydrogen (secondary N) is 2. The van der Waals surface area contributed by atoms with Crippen LogP contribution < -0.4 is 15.4 Å². The van der Waals surface area contributed by atoms with Crippen molar-refractivity contribution in [1.82, 2.24) is 9.97 Å². The molecule has 0 unspecified atom stereocenters. The molecule has 1 aliphatic rings. The molecule has 1 fully saturated rings. The molecular formula is C13H22N4O2. The zero-order chi connectivity index (χ0) is 13.7. The molecule has 6 heteroatoms. The maximum absolute atomic E-state index is 5.41. The van der Waals surface area contributed by atoms with Gasteiger partial charge in [-0.25, -0.2) is 9.97 Å². The highest BCUT2D eigenvalue weighted by atomic mass is 16.5. The number of hydrogen-bond acceptors (Lipinski definition) is 6. The lowest BCUT2D eigenvalue weighted by atomic mass is 9.82. The first-order valence-corrected chi connectivity index (χ1v) is 6.57. The van der Waals surface area contributed by atoms with Crippen LogP contribution in [0.15, 0.2) is 6.33 Å². The van der Waals surface area contributed by atoms with Gasteiger partial charge in [-0.1, -0.05) is 6.92 Å². The Balaban J connectivity index is 2.06. The van der Waals surface area contributed by atoms with Gasteiger partial charge in [0.1, 0.15) is 6.33 Å². The van der Waals surface area contributed by atoms with Gasteiger partial charge >= 0.3 is 0 Å². The summed E-state index contributed by atoms with van der Waals surface area (Å²) in [6.45, 7) is 4.80. The van der Waals surface area contributed by atoms with Crippen molar-refractivity contribution < 1.29 is 9.47 Å². The lowest BCUT2D eigenvalue weighted by Crippen LogP contribution is -2.33. The Labute approximate surface area is 113 Å². The van der Waals surface area contributed by atoms with Crippen LogP contribution in [0.2, 0.25) is 0 Å². The topological polar surface area (TPSA) is 68.3 Å². The quantitative estimate of drug-likeness (QED) is 0.846. The molecule has 1 aromatic heterocycles. The van der Waals surface area contributed by atoms with Gasteiger partial charge in [0, 0.05) is 26.8 Å². The fourth-order valence-electron chi connectivity index (χ4n) is 2.21. The number of anilines is 2. The second kappa shape index (κ2) is 6.06. The van der Waals surface area contributed by atoms with Crippen LogP contribution in [-0.2, 0) is 4.74 Å². The lowest BCUT2D eigenvalue weighted by molar-refractivity contribution is 0.0299. The van der Waals surface area contributed by atoms with Crippen molar-refractivity contribution in [3.8, 4) is 5.75 Å². The van der Waals surface area contributed by atoms with Crippen molar-refractivity contribution in [2.75, 3.05) is 44.5 Å². The minimum atomic E-state index is 0.244. The fraction of sp³-hybridized carbons (Fsp3) is 0.692. The van der Waals surface area contributed by atoms with Crippen molar-refractivity contribution in [3.63, 3.8) is 0 Å². The number of rotatable bonds is 5. The van der Waals surface area contributed by atoms with Crippen molar-refractivity contribution >= 4 is 11.6 Å². The highest BCUT2D eigenvalue weighted by molar-refractivity contribution is 5.63. The monoisotopic (exact) mass is 266 g/mol. The normalized spacial score (nSPS) is 17.8. The molecule has 106 valence electrons. The second-order valence-electron chi connectivity index (χ2n) is 5.13. The Morgan fingerprint density at radius 1 is 1.32 bits per heavy atom. The smallest absolute Gasteiger partial charge is 0.204 e. The highest BCUT2D eigenvalue weighted by Gasteiger charge is 2.27. The number of ether oxygens (including phenoxy) is 2. The number of hydrogen-bond donors (Lipinski definition) is 2. The van der Waals surface area contributed by atoms with E-state index in [0.29, 0.717) is 11.6 Å². The number of aromatic nitrogens is 2. The third-order valence-electron chi connectivity index (χ3n) is 3.63. The van der Waals surface area contributed by atoms with Gasteiger partial charge in [0.2, 0.25) is 5.75 Å². The molecule has 2 N–H and O–H groups in total.